The molecule has 0 spiro atoms. The van der Waals surface area contributed by atoms with Gasteiger partial charge >= 0.3 is 0 Å². The number of hydrogen-bond donors (Lipinski definition) is 0. The van der Waals surface area contributed by atoms with E-state index in [2.05, 4.69) is 67.1 Å². The average Bonchev–Trinajstić information content (AvgIpc) is 2.65. The molecule has 3 aromatic carbocycles. The highest BCUT2D eigenvalue weighted by Crippen LogP contribution is 2.45. The minimum atomic E-state index is -0.108. The highest BCUT2D eigenvalue weighted by molar-refractivity contribution is 5.75. The Hall–Kier alpha value is -3.00. The number of rotatable bonds is 3. The van der Waals surface area contributed by atoms with Crippen LogP contribution in [0.2, 0.25) is 0 Å². The number of hydrogen-bond acceptors (Lipinski definition) is 2. The number of fused-ring (bicyclic) bond motifs is 2. The van der Waals surface area contributed by atoms with Crippen molar-refractivity contribution in [3.8, 4) is 5.75 Å². The van der Waals surface area contributed by atoms with E-state index in [1.165, 1.54) is 22.5 Å². The summed E-state index contributed by atoms with van der Waals surface area (Å²) in [4.78, 5) is 2.23. The van der Waals surface area contributed by atoms with E-state index in [4.69, 9.17) is 4.74 Å². The van der Waals surface area contributed by atoms with Gasteiger partial charge in [-0.2, -0.15) is 0 Å². The molecule has 1 aliphatic heterocycles. The molecule has 24 heavy (non-hydrogen) atoms. The lowest BCUT2D eigenvalue weighted by atomic mass is 9.93. The third-order valence-corrected chi connectivity index (χ3v) is 4.53. The van der Waals surface area contributed by atoms with Crippen molar-refractivity contribution < 1.29 is 4.74 Å². The van der Waals surface area contributed by atoms with Crippen LogP contribution in [0.15, 0.2) is 79.4 Å². The zero-order valence-corrected chi connectivity index (χ0v) is 13.6. The summed E-state index contributed by atoms with van der Waals surface area (Å²) < 4.78 is 6.40. The van der Waals surface area contributed by atoms with Gasteiger partial charge in [-0.25, -0.2) is 0 Å². The van der Waals surface area contributed by atoms with Gasteiger partial charge in [-0.1, -0.05) is 61.2 Å². The summed E-state index contributed by atoms with van der Waals surface area (Å²) in [6.07, 6.45) is 1.73. The van der Waals surface area contributed by atoms with E-state index in [0.29, 0.717) is 0 Å². The molecule has 3 aromatic rings. The van der Waals surface area contributed by atoms with Crippen molar-refractivity contribution in [2.75, 3.05) is 11.9 Å². The Kier molecular flexibility index (Phi) is 3.58. The Balaban J connectivity index is 1.79. The van der Waals surface area contributed by atoms with E-state index in [1.807, 2.05) is 30.3 Å². The summed E-state index contributed by atoms with van der Waals surface area (Å²) in [6, 6.07) is 24.9. The van der Waals surface area contributed by atoms with E-state index in [9.17, 15) is 0 Å². The van der Waals surface area contributed by atoms with E-state index in [1.54, 1.807) is 0 Å². The molecular formula is C22H19NO. The lowest BCUT2D eigenvalue weighted by molar-refractivity contribution is 0.246. The van der Waals surface area contributed by atoms with Crippen molar-refractivity contribution >= 4 is 17.5 Å². The van der Waals surface area contributed by atoms with Gasteiger partial charge in [-0.3, -0.25) is 0 Å². The molecule has 1 aliphatic rings. The first-order valence-corrected chi connectivity index (χ1v) is 8.08. The molecule has 0 bridgehead atoms. The molecule has 0 aromatic heterocycles. The molecule has 0 radical (unpaired) electrons. The van der Waals surface area contributed by atoms with Crippen molar-refractivity contribution in [3.63, 3.8) is 0 Å². The monoisotopic (exact) mass is 313 g/mol. The SMILES string of the molecule is C=Cc1ccc(OC2c3ccccc3N(C)c3ccccc32)cc1. The molecule has 0 fully saturated rings. The van der Waals surface area contributed by atoms with E-state index in [0.717, 1.165) is 11.3 Å². The van der Waals surface area contributed by atoms with Gasteiger partial charge in [0.05, 0.1) is 0 Å². The molecule has 4 rings (SSSR count). The summed E-state index contributed by atoms with van der Waals surface area (Å²) in [5, 5.41) is 0. The zero-order chi connectivity index (χ0) is 16.5. The third-order valence-electron chi connectivity index (χ3n) is 4.53. The number of nitrogens with zero attached hydrogens (tertiary/aromatic N) is 1. The molecule has 0 N–H and O–H groups in total. The molecular weight excluding hydrogens is 294 g/mol. The second-order valence-corrected chi connectivity index (χ2v) is 5.95. The zero-order valence-electron chi connectivity index (χ0n) is 13.6. The molecule has 0 aliphatic carbocycles. The summed E-state index contributed by atoms with van der Waals surface area (Å²) in [5.74, 6) is 0.861. The van der Waals surface area contributed by atoms with Crippen molar-refractivity contribution in [2.24, 2.45) is 0 Å². The second kappa shape index (κ2) is 5.89. The van der Waals surface area contributed by atoms with Gasteiger partial charge in [-0.05, 0) is 29.8 Å². The summed E-state index contributed by atoms with van der Waals surface area (Å²) in [6.45, 7) is 3.80. The maximum Gasteiger partial charge on any atom is 0.153 e. The first kappa shape index (κ1) is 14.6. The Bertz CT molecular complexity index is 835. The van der Waals surface area contributed by atoms with Crippen LogP contribution in [-0.2, 0) is 0 Å². The van der Waals surface area contributed by atoms with Gasteiger partial charge in [0.1, 0.15) is 5.75 Å². The Morgan fingerprint density at radius 2 is 1.38 bits per heavy atom. The minimum absolute atomic E-state index is 0.108. The maximum atomic E-state index is 6.40. The molecule has 0 unspecified atom stereocenters. The van der Waals surface area contributed by atoms with Crippen LogP contribution in [0, 0.1) is 0 Å². The smallest absolute Gasteiger partial charge is 0.153 e. The fourth-order valence-electron chi connectivity index (χ4n) is 3.27. The number of benzene rings is 3. The largest absolute Gasteiger partial charge is 0.481 e. The van der Waals surface area contributed by atoms with Crippen LogP contribution in [0.5, 0.6) is 5.75 Å². The van der Waals surface area contributed by atoms with Crippen LogP contribution in [0.4, 0.5) is 11.4 Å². The van der Waals surface area contributed by atoms with E-state index < -0.39 is 0 Å². The van der Waals surface area contributed by atoms with Crippen LogP contribution < -0.4 is 9.64 Å². The normalized spacial score (nSPS) is 13.1. The van der Waals surface area contributed by atoms with Gasteiger partial charge in [0.15, 0.2) is 6.10 Å². The third kappa shape index (κ3) is 2.37. The molecule has 0 amide bonds. The summed E-state index contributed by atoms with van der Waals surface area (Å²) >= 11 is 0. The Labute approximate surface area is 142 Å². The molecule has 1 heterocycles. The molecule has 0 saturated heterocycles. The standard InChI is InChI=1S/C22H19NO/c1-3-16-12-14-17(15-13-16)24-22-18-8-4-6-10-20(18)23(2)21-11-7-5-9-19(21)22/h3-15,22H,1H2,2H3. The second-order valence-electron chi connectivity index (χ2n) is 5.95. The first-order valence-electron chi connectivity index (χ1n) is 8.08. The molecule has 0 atom stereocenters. The Morgan fingerprint density at radius 1 is 0.833 bits per heavy atom. The fraction of sp³-hybridized carbons (Fsp3) is 0.0909. The van der Waals surface area contributed by atoms with Gasteiger partial charge < -0.3 is 9.64 Å². The van der Waals surface area contributed by atoms with Gasteiger partial charge in [0, 0.05) is 29.5 Å². The van der Waals surface area contributed by atoms with Crippen molar-refractivity contribution in [1.29, 1.82) is 0 Å². The van der Waals surface area contributed by atoms with E-state index >= 15 is 0 Å². The summed E-state index contributed by atoms with van der Waals surface area (Å²) in [7, 11) is 2.10. The maximum absolute atomic E-state index is 6.40. The predicted molar refractivity (Wildman–Crippen MR) is 100.0 cm³/mol. The quantitative estimate of drug-likeness (QED) is 0.626. The first-order chi connectivity index (χ1) is 11.8. The number of para-hydroxylation sites is 2. The molecule has 2 heteroatoms. The topological polar surface area (TPSA) is 12.5 Å². The van der Waals surface area contributed by atoms with Gasteiger partial charge in [-0.15, -0.1) is 0 Å². The average molecular weight is 313 g/mol. The predicted octanol–water partition coefficient (Wildman–Crippen LogP) is 5.58. The van der Waals surface area contributed by atoms with Crippen LogP contribution in [0.25, 0.3) is 6.08 Å². The lowest BCUT2D eigenvalue weighted by Gasteiger charge is -2.35. The number of ether oxygens (including phenoxy) is 1. The highest BCUT2D eigenvalue weighted by Gasteiger charge is 2.29. The van der Waals surface area contributed by atoms with Crippen molar-refractivity contribution in [2.45, 2.75) is 6.10 Å². The van der Waals surface area contributed by atoms with E-state index in [-0.39, 0.29) is 6.10 Å². The van der Waals surface area contributed by atoms with Crippen LogP contribution in [0.3, 0.4) is 0 Å². The van der Waals surface area contributed by atoms with Crippen LogP contribution in [0.1, 0.15) is 22.8 Å². The number of anilines is 2. The van der Waals surface area contributed by atoms with Crippen LogP contribution in [-0.4, -0.2) is 7.05 Å². The van der Waals surface area contributed by atoms with Crippen LogP contribution >= 0.6 is 0 Å². The Morgan fingerprint density at radius 3 is 1.92 bits per heavy atom. The summed E-state index contributed by atoms with van der Waals surface area (Å²) in [5.41, 5.74) is 5.83. The van der Waals surface area contributed by atoms with Crippen molar-refractivity contribution in [3.05, 3.63) is 96.1 Å². The molecule has 2 nitrogen and oxygen atoms in total. The van der Waals surface area contributed by atoms with Gasteiger partial charge in [0.2, 0.25) is 0 Å². The van der Waals surface area contributed by atoms with Crippen molar-refractivity contribution in [1.82, 2.24) is 0 Å². The fourth-order valence-corrected chi connectivity index (χ4v) is 3.27. The molecule has 0 saturated carbocycles. The van der Waals surface area contributed by atoms with Gasteiger partial charge in [0.25, 0.3) is 0 Å². The minimum Gasteiger partial charge on any atom is -0.481 e. The highest BCUT2D eigenvalue weighted by atomic mass is 16.5. The lowest BCUT2D eigenvalue weighted by Crippen LogP contribution is -2.24. The molecule has 118 valence electrons.